The van der Waals surface area contributed by atoms with E-state index < -0.39 is 11.7 Å². The molecule has 24 heavy (non-hydrogen) atoms. The maximum absolute atomic E-state index is 11.1. The van der Waals surface area contributed by atoms with E-state index in [2.05, 4.69) is 19.9 Å². The van der Waals surface area contributed by atoms with Gasteiger partial charge in [-0.15, -0.1) is 0 Å². The minimum atomic E-state index is -0.947. The van der Waals surface area contributed by atoms with Crippen molar-refractivity contribution in [3.8, 4) is 0 Å². The topological polar surface area (TPSA) is 80.9 Å². The minimum absolute atomic E-state index is 0.0605. The Morgan fingerprint density at radius 3 is 2.62 bits per heavy atom. The first kappa shape index (κ1) is 18.4. The maximum atomic E-state index is 11.1. The van der Waals surface area contributed by atoms with Gasteiger partial charge < -0.3 is 20.4 Å². The van der Waals surface area contributed by atoms with Gasteiger partial charge in [0.15, 0.2) is 0 Å². The van der Waals surface area contributed by atoms with Gasteiger partial charge in [0.1, 0.15) is 0 Å². The van der Waals surface area contributed by atoms with Crippen LogP contribution in [0.5, 0.6) is 0 Å². The van der Waals surface area contributed by atoms with Crippen LogP contribution in [0.1, 0.15) is 52.9 Å². The summed E-state index contributed by atoms with van der Waals surface area (Å²) >= 11 is 0. The molecule has 3 aliphatic carbocycles. The summed E-state index contributed by atoms with van der Waals surface area (Å²) in [6.07, 6.45) is 5.89. The molecule has 2 saturated carbocycles. The van der Waals surface area contributed by atoms with Crippen LogP contribution in [0, 0.1) is 35.0 Å². The largest absolute Gasteiger partial charge is 0.396 e. The summed E-state index contributed by atoms with van der Waals surface area (Å²) in [7, 11) is 0. The van der Waals surface area contributed by atoms with Crippen LogP contribution in [0.15, 0.2) is 11.6 Å². The number of hydrogen-bond donors (Lipinski definition) is 4. The molecule has 0 aromatic rings. The molecule has 0 bridgehead atoms. The second-order valence-corrected chi connectivity index (χ2v) is 9.23. The zero-order chi connectivity index (χ0) is 17.7. The van der Waals surface area contributed by atoms with Crippen LogP contribution >= 0.6 is 0 Å². The molecule has 8 atom stereocenters. The Morgan fingerprint density at radius 1 is 1.29 bits per heavy atom. The van der Waals surface area contributed by atoms with Gasteiger partial charge in [0.25, 0.3) is 0 Å². The molecule has 4 nitrogen and oxygen atoms in total. The van der Waals surface area contributed by atoms with E-state index in [1.54, 1.807) is 0 Å². The van der Waals surface area contributed by atoms with Crippen molar-refractivity contribution < 1.29 is 20.4 Å². The van der Waals surface area contributed by atoms with E-state index >= 15 is 0 Å². The smallest absolute Gasteiger partial charge is 0.0709 e. The van der Waals surface area contributed by atoms with Crippen LogP contribution in [0.4, 0.5) is 0 Å². The predicted molar refractivity (Wildman–Crippen MR) is 93.2 cm³/mol. The van der Waals surface area contributed by atoms with Crippen molar-refractivity contribution in [2.24, 2.45) is 35.0 Å². The number of hydrogen-bond acceptors (Lipinski definition) is 4. The molecule has 4 N–H and O–H groups in total. The summed E-state index contributed by atoms with van der Waals surface area (Å²) in [5.74, 6) is 0.671. The van der Waals surface area contributed by atoms with Crippen molar-refractivity contribution >= 4 is 0 Å². The Balaban J connectivity index is 1.99. The van der Waals surface area contributed by atoms with E-state index in [-0.39, 0.29) is 42.3 Å². The maximum Gasteiger partial charge on any atom is 0.0709 e. The van der Waals surface area contributed by atoms with Crippen LogP contribution < -0.4 is 0 Å². The Kier molecular flexibility index (Phi) is 4.89. The molecule has 138 valence electrons. The van der Waals surface area contributed by atoms with Gasteiger partial charge in [-0.05, 0) is 68.1 Å². The first-order valence-electron chi connectivity index (χ1n) is 9.56. The van der Waals surface area contributed by atoms with E-state index in [4.69, 9.17) is 0 Å². The van der Waals surface area contributed by atoms with Gasteiger partial charge in [-0.3, -0.25) is 0 Å². The zero-order valence-electron chi connectivity index (χ0n) is 15.3. The highest BCUT2D eigenvalue weighted by Gasteiger charge is 2.55. The lowest BCUT2D eigenvalue weighted by Gasteiger charge is -2.43. The van der Waals surface area contributed by atoms with Crippen molar-refractivity contribution in [3.63, 3.8) is 0 Å². The number of aliphatic hydroxyl groups excluding tert-OH is 3. The van der Waals surface area contributed by atoms with Crippen LogP contribution in [-0.4, -0.2) is 45.3 Å². The average Bonchev–Trinajstić information content (AvgIpc) is 3.00. The molecule has 0 radical (unpaired) electrons. The molecule has 0 spiro atoms. The standard InChI is InChI=1S/C20H34O4/c1-12(10-21)14-4-6-19(2)9-15-13(11-22)8-17(23)18(15)20(3,24)7-5-16(14)19/h5,12-15,17-18,21-24H,4,6-11H2,1-3H3/b16-5-. The van der Waals surface area contributed by atoms with Gasteiger partial charge in [0.2, 0.25) is 0 Å². The van der Waals surface area contributed by atoms with Crippen LogP contribution in [-0.2, 0) is 0 Å². The Labute approximate surface area is 145 Å². The van der Waals surface area contributed by atoms with Gasteiger partial charge in [-0.2, -0.15) is 0 Å². The summed E-state index contributed by atoms with van der Waals surface area (Å²) in [5.41, 5.74) is 0.504. The highest BCUT2D eigenvalue weighted by atomic mass is 16.3. The van der Waals surface area contributed by atoms with Gasteiger partial charge in [0.05, 0.1) is 11.7 Å². The lowest BCUT2D eigenvalue weighted by Crippen LogP contribution is -2.45. The molecule has 0 aromatic carbocycles. The highest BCUT2D eigenvalue weighted by Crippen LogP contribution is 2.58. The van der Waals surface area contributed by atoms with Crippen LogP contribution in [0.3, 0.4) is 0 Å². The molecule has 0 aliphatic heterocycles. The SMILES string of the molecule is CC(CO)C1CCC2(C)CC3C(CO)CC(O)C3C(C)(O)C/C=C/12. The second-order valence-electron chi connectivity index (χ2n) is 9.23. The van der Waals surface area contributed by atoms with Gasteiger partial charge in [-0.25, -0.2) is 0 Å². The molecule has 3 aliphatic rings. The number of rotatable bonds is 3. The second kappa shape index (κ2) is 6.39. The van der Waals surface area contributed by atoms with E-state index in [1.807, 2.05) is 6.92 Å². The molecule has 4 heteroatoms. The predicted octanol–water partition coefficient (Wildman–Crippen LogP) is 2.11. The first-order valence-corrected chi connectivity index (χ1v) is 9.56. The summed E-state index contributed by atoms with van der Waals surface area (Å²) in [4.78, 5) is 0. The van der Waals surface area contributed by atoms with E-state index in [0.29, 0.717) is 18.8 Å². The van der Waals surface area contributed by atoms with E-state index in [0.717, 1.165) is 19.3 Å². The van der Waals surface area contributed by atoms with Gasteiger partial charge >= 0.3 is 0 Å². The minimum Gasteiger partial charge on any atom is -0.396 e. The van der Waals surface area contributed by atoms with Crippen molar-refractivity contribution in [1.29, 1.82) is 0 Å². The Hall–Kier alpha value is -0.420. The molecule has 2 fully saturated rings. The molecule has 3 rings (SSSR count). The lowest BCUT2D eigenvalue weighted by molar-refractivity contribution is -0.0709. The molecule has 0 aromatic heterocycles. The molecule has 0 amide bonds. The highest BCUT2D eigenvalue weighted by molar-refractivity contribution is 5.26. The molecule has 0 saturated heterocycles. The van der Waals surface area contributed by atoms with Crippen molar-refractivity contribution in [1.82, 2.24) is 0 Å². The molecule has 8 unspecified atom stereocenters. The normalized spacial score (nSPS) is 52.0. The summed E-state index contributed by atoms with van der Waals surface area (Å²) in [6.45, 7) is 6.52. The Bertz CT molecular complexity index is 500. The number of aliphatic hydroxyl groups is 4. The number of allylic oxidation sites excluding steroid dienone is 1. The van der Waals surface area contributed by atoms with Gasteiger partial charge in [-0.1, -0.05) is 25.5 Å². The fraction of sp³-hybridized carbons (Fsp3) is 0.900. The zero-order valence-corrected chi connectivity index (χ0v) is 15.3. The van der Waals surface area contributed by atoms with Gasteiger partial charge in [0, 0.05) is 19.1 Å². The van der Waals surface area contributed by atoms with E-state index in [1.165, 1.54) is 5.57 Å². The Morgan fingerprint density at radius 2 is 2.00 bits per heavy atom. The third-order valence-corrected chi connectivity index (χ3v) is 7.48. The fourth-order valence-corrected chi connectivity index (χ4v) is 6.12. The molecule has 0 heterocycles. The summed E-state index contributed by atoms with van der Waals surface area (Å²) in [6, 6.07) is 0. The van der Waals surface area contributed by atoms with Crippen LogP contribution in [0.2, 0.25) is 0 Å². The van der Waals surface area contributed by atoms with Crippen molar-refractivity contribution in [3.05, 3.63) is 11.6 Å². The lowest BCUT2D eigenvalue weighted by atomic mass is 9.64. The molecular weight excluding hydrogens is 304 g/mol. The monoisotopic (exact) mass is 338 g/mol. The number of fused-ring (bicyclic) bond motifs is 2. The first-order chi connectivity index (χ1) is 11.2. The van der Waals surface area contributed by atoms with E-state index in [9.17, 15) is 20.4 Å². The summed E-state index contributed by atoms with van der Waals surface area (Å²) in [5, 5.41) is 41.1. The third-order valence-electron chi connectivity index (χ3n) is 7.48. The van der Waals surface area contributed by atoms with Crippen LogP contribution in [0.25, 0.3) is 0 Å². The quantitative estimate of drug-likeness (QED) is 0.594. The van der Waals surface area contributed by atoms with Crippen molar-refractivity contribution in [2.45, 2.75) is 64.6 Å². The average molecular weight is 338 g/mol. The summed E-state index contributed by atoms with van der Waals surface area (Å²) < 4.78 is 0. The van der Waals surface area contributed by atoms with Crippen molar-refractivity contribution in [2.75, 3.05) is 13.2 Å². The molecular formula is C20H34O4. The third kappa shape index (κ3) is 2.86. The fourth-order valence-electron chi connectivity index (χ4n) is 6.12.